The highest BCUT2D eigenvalue weighted by atomic mass is 32.2. The summed E-state index contributed by atoms with van der Waals surface area (Å²) in [5.41, 5.74) is 2.24. The summed E-state index contributed by atoms with van der Waals surface area (Å²) in [4.78, 5) is 0.360. The van der Waals surface area contributed by atoms with Crippen LogP contribution in [-0.4, -0.2) is 21.2 Å². The third kappa shape index (κ3) is 3.96. The van der Waals surface area contributed by atoms with Gasteiger partial charge in [0.2, 0.25) is 9.84 Å². The molecule has 4 aromatic rings. The van der Waals surface area contributed by atoms with Gasteiger partial charge in [0.1, 0.15) is 15.5 Å². The van der Waals surface area contributed by atoms with Crippen LogP contribution < -0.4 is 4.18 Å². The molecule has 0 amide bonds. The van der Waals surface area contributed by atoms with E-state index in [0.29, 0.717) is 17.5 Å². The third-order valence-corrected chi connectivity index (χ3v) is 8.17. The van der Waals surface area contributed by atoms with Gasteiger partial charge in [-0.1, -0.05) is 30.7 Å². The average Bonchev–Trinajstić information content (AvgIpc) is 3.14. The number of nitrogens with zero attached hydrogens (tertiary/aromatic N) is 1. The van der Waals surface area contributed by atoms with Gasteiger partial charge in [-0.15, -0.1) is 0 Å². The minimum absolute atomic E-state index is 0.0302. The number of fused-ring (bicyclic) bond motifs is 1. The van der Waals surface area contributed by atoms with Crippen molar-refractivity contribution in [3.63, 3.8) is 0 Å². The maximum Gasteiger partial charge on any atom is 0.339 e. The van der Waals surface area contributed by atoms with Gasteiger partial charge in [-0.2, -0.15) is 8.42 Å². The molecule has 2 aromatic carbocycles. The molecule has 2 heterocycles. The molecule has 0 radical (unpaired) electrons. The summed E-state index contributed by atoms with van der Waals surface area (Å²) in [7, 11) is -7.82. The lowest BCUT2D eigenvalue weighted by Crippen LogP contribution is -2.10. The summed E-state index contributed by atoms with van der Waals surface area (Å²) in [5.74, 6) is 0.0389. The second kappa shape index (κ2) is 7.86. The number of aryl methyl sites for hydroxylation is 2. The number of hydrogen-bond donors (Lipinski definition) is 0. The Balaban J connectivity index is 1.68. The van der Waals surface area contributed by atoms with E-state index in [1.807, 2.05) is 26.1 Å². The molecule has 0 aliphatic carbocycles. The van der Waals surface area contributed by atoms with Crippen LogP contribution in [0.3, 0.4) is 0 Å². The van der Waals surface area contributed by atoms with Gasteiger partial charge in [0, 0.05) is 12.4 Å². The van der Waals surface area contributed by atoms with Crippen LogP contribution in [-0.2, 0) is 26.4 Å². The minimum atomic E-state index is -4.01. The van der Waals surface area contributed by atoms with Gasteiger partial charge in [-0.25, -0.2) is 8.42 Å². The van der Waals surface area contributed by atoms with Gasteiger partial charge < -0.3 is 8.58 Å². The number of pyridine rings is 1. The standard InChI is InChI=1S/C23H21NO5S2/c1-3-18-16-24-15-5-4-6-22(24)23(18)30(25,26)20-13-9-19(10-14-20)29-31(27,28)21-11-7-17(2)8-12-21/h4-16H,3H2,1-2H3. The molecule has 0 aliphatic rings. The van der Waals surface area contributed by atoms with E-state index in [9.17, 15) is 16.8 Å². The maximum absolute atomic E-state index is 13.4. The van der Waals surface area contributed by atoms with E-state index in [-0.39, 0.29) is 20.4 Å². The van der Waals surface area contributed by atoms with E-state index in [0.717, 1.165) is 5.56 Å². The van der Waals surface area contributed by atoms with E-state index in [1.54, 1.807) is 34.9 Å². The summed E-state index contributed by atoms with van der Waals surface area (Å²) in [6, 6.07) is 17.1. The molecule has 160 valence electrons. The molecular formula is C23H21NO5S2. The van der Waals surface area contributed by atoms with Crippen molar-refractivity contribution in [1.29, 1.82) is 0 Å². The first-order chi connectivity index (χ1) is 14.7. The van der Waals surface area contributed by atoms with Crippen LogP contribution in [0.1, 0.15) is 18.1 Å². The Morgan fingerprint density at radius 2 is 1.48 bits per heavy atom. The summed E-state index contributed by atoms with van der Waals surface area (Å²) in [6.07, 6.45) is 4.18. The number of rotatable bonds is 6. The minimum Gasteiger partial charge on any atom is -0.379 e. The van der Waals surface area contributed by atoms with Gasteiger partial charge in [0.05, 0.1) is 10.4 Å². The van der Waals surface area contributed by atoms with Crippen molar-refractivity contribution in [3.05, 3.63) is 90.3 Å². The molecule has 0 saturated carbocycles. The maximum atomic E-state index is 13.4. The van der Waals surface area contributed by atoms with Gasteiger partial charge in [0.15, 0.2) is 0 Å². The van der Waals surface area contributed by atoms with E-state index < -0.39 is 20.0 Å². The van der Waals surface area contributed by atoms with Crippen LogP contribution in [0.25, 0.3) is 5.52 Å². The fraction of sp³-hybridized carbons (Fsp3) is 0.130. The second-order valence-electron chi connectivity index (χ2n) is 7.16. The molecular weight excluding hydrogens is 434 g/mol. The highest BCUT2D eigenvalue weighted by Gasteiger charge is 2.25. The van der Waals surface area contributed by atoms with Crippen LogP contribution in [0, 0.1) is 6.92 Å². The first-order valence-corrected chi connectivity index (χ1v) is 12.6. The van der Waals surface area contributed by atoms with Crippen molar-refractivity contribution < 1.29 is 21.0 Å². The predicted molar refractivity (Wildman–Crippen MR) is 118 cm³/mol. The van der Waals surface area contributed by atoms with Crippen molar-refractivity contribution in [1.82, 2.24) is 4.40 Å². The molecule has 0 spiro atoms. The third-order valence-electron chi connectivity index (χ3n) is 5.01. The number of benzene rings is 2. The van der Waals surface area contributed by atoms with Crippen molar-refractivity contribution in [2.45, 2.75) is 35.0 Å². The van der Waals surface area contributed by atoms with Crippen LogP contribution in [0.15, 0.2) is 93.8 Å². The molecule has 31 heavy (non-hydrogen) atoms. The van der Waals surface area contributed by atoms with Gasteiger partial charge in [-0.05, 0) is 67.4 Å². The Morgan fingerprint density at radius 3 is 2.13 bits per heavy atom. The van der Waals surface area contributed by atoms with Crippen molar-refractivity contribution in [2.24, 2.45) is 0 Å². The molecule has 6 nitrogen and oxygen atoms in total. The fourth-order valence-corrected chi connectivity index (χ4v) is 6.04. The van der Waals surface area contributed by atoms with E-state index >= 15 is 0 Å². The molecule has 0 bridgehead atoms. The van der Waals surface area contributed by atoms with Crippen LogP contribution in [0.2, 0.25) is 0 Å². The summed E-state index contributed by atoms with van der Waals surface area (Å²) >= 11 is 0. The van der Waals surface area contributed by atoms with E-state index in [2.05, 4.69) is 0 Å². The second-order valence-corrected chi connectivity index (χ2v) is 10.6. The first-order valence-electron chi connectivity index (χ1n) is 9.67. The Kier molecular flexibility index (Phi) is 5.36. The Bertz CT molecular complexity index is 1450. The molecule has 0 saturated heterocycles. The smallest absolute Gasteiger partial charge is 0.339 e. The van der Waals surface area contributed by atoms with Crippen molar-refractivity contribution >= 4 is 25.5 Å². The molecule has 4 rings (SSSR count). The Morgan fingerprint density at radius 1 is 0.839 bits per heavy atom. The topological polar surface area (TPSA) is 81.9 Å². The Labute approximate surface area is 181 Å². The number of aromatic nitrogens is 1. The van der Waals surface area contributed by atoms with E-state index in [1.165, 1.54) is 36.4 Å². The first kappa shape index (κ1) is 21.1. The summed E-state index contributed by atoms with van der Waals surface area (Å²) in [6.45, 7) is 3.76. The summed E-state index contributed by atoms with van der Waals surface area (Å²) in [5, 5.41) is 0. The molecule has 0 unspecified atom stereocenters. The zero-order valence-electron chi connectivity index (χ0n) is 17.0. The van der Waals surface area contributed by atoms with Crippen LogP contribution in [0.4, 0.5) is 0 Å². The van der Waals surface area contributed by atoms with Gasteiger partial charge >= 0.3 is 10.1 Å². The lowest BCUT2D eigenvalue weighted by molar-refractivity contribution is 0.486. The lowest BCUT2D eigenvalue weighted by Gasteiger charge is -2.09. The zero-order valence-corrected chi connectivity index (χ0v) is 18.7. The van der Waals surface area contributed by atoms with Gasteiger partial charge in [-0.3, -0.25) is 0 Å². The fourth-order valence-electron chi connectivity index (χ4n) is 3.39. The molecule has 0 N–H and O–H groups in total. The number of hydrogen-bond acceptors (Lipinski definition) is 5. The van der Waals surface area contributed by atoms with Gasteiger partial charge in [0.25, 0.3) is 0 Å². The quantitative estimate of drug-likeness (QED) is 0.402. The van der Waals surface area contributed by atoms with Crippen molar-refractivity contribution in [3.8, 4) is 5.75 Å². The highest BCUT2D eigenvalue weighted by Crippen LogP contribution is 2.31. The zero-order chi connectivity index (χ0) is 22.2. The van der Waals surface area contributed by atoms with E-state index in [4.69, 9.17) is 4.18 Å². The van der Waals surface area contributed by atoms with Crippen LogP contribution >= 0.6 is 0 Å². The highest BCUT2D eigenvalue weighted by molar-refractivity contribution is 7.91. The Hall–Kier alpha value is -3.10. The van der Waals surface area contributed by atoms with Crippen LogP contribution in [0.5, 0.6) is 5.75 Å². The summed E-state index contributed by atoms with van der Waals surface area (Å²) < 4.78 is 58.6. The largest absolute Gasteiger partial charge is 0.379 e. The average molecular weight is 456 g/mol. The monoisotopic (exact) mass is 455 g/mol. The predicted octanol–water partition coefficient (Wildman–Crippen LogP) is 4.41. The number of sulfone groups is 1. The SMILES string of the molecule is CCc1cn2ccccc2c1S(=O)(=O)c1ccc(OS(=O)(=O)c2ccc(C)cc2)cc1. The van der Waals surface area contributed by atoms with Crippen molar-refractivity contribution in [2.75, 3.05) is 0 Å². The molecule has 2 aromatic heterocycles. The molecule has 0 fully saturated rings. The molecule has 0 aliphatic heterocycles. The molecule has 0 atom stereocenters. The lowest BCUT2D eigenvalue weighted by atomic mass is 10.2. The normalized spacial score (nSPS) is 12.2. The molecule has 8 heteroatoms.